The lowest BCUT2D eigenvalue weighted by atomic mass is 9.95. The summed E-state index contributed by atoms with van der Waals surface area (Å²) < 4.78 is 22.0. The fourth-order valence-electron chi connectivity index (χ4n) is 4.32. The molecule has 0 saturated heterocycles. The highest BCUT2D eigenvalue weighted by molar-refractivity contribution is 6.37. The van der Waals surface area contributed by atoms with Gasteiger partial charge in [-0.3, -0.25) is 4.79 Å². The second kappa shape index (κ2) is 15.5. The van der Waals surface area contributed by atoms with E-state index in [1.807, 2.05) is 18.2 Å². The zero-order chi connectivity index (χ0) is 32.5. The van der Waals surface area contributed by atoms with Crippen LogP contribution in [0.15, 0.2) is 71.0 Å². The molecule has 236 valence electrons. The molecule has 4 rings (SSSR count). The van der Waals surface area contributed by atoms with Crippen LogP contribution in [-0.2, 0) is 20.9 Å². The van der Waals surface area contributed by atoms with Crippen LogP contribution in [0.25, 0.3) is 0 Å². The van der Waals surface area contributed by atoms with Gasteiger partial charge in [0.1, 0.15) is 6.61 Å². The lowest BCUT2D eigenvalue weighted by Gasteiger charge is -2.28. The Morgan fingerprint density at radius 3 is 2.42 bits per heavy atom. The predicted octanol–water partition coefficient (Wildman–Crippen LogP) is 5.95. The second-order valence-electron chi connectivity index (χ2n) is 9.48. The molecule has 1 atom stereocenters. The number of halogens is 3. The highest BCUT2D eigenvalue weighted by Gasteiger charge is 2.32. The standard InChI is InChI=1S/C31H29Cl3N4O7/c1-4-43-30(40)27-17(2)36-31(41)37-28(27)19-9-10-24(25(13-19)42-3)44-16-26(39)38-35-14-18-11-22(33)29(23(34)12-18)45-15-20-7-5-6-8-21(20)32/h5-14,28H,4,15-16H2,1-3H3,(H,38,39)(H2,36,37,41)/b35-14-/t28-/m0/s1. The molecule has 0 saturated carbocycles. The summed E-state index contributed by atoms with van der Waals surface area (Å²) >= 11 is 18.9. The average Bonchev–Trinajstić information content (AvgIpc) is 3.00. The first-order valence-corrected chi connectivity index (χ1v) is 14.7. The van der Waals surface area contributed by atoms with Crippen molar-refractivity contribution in [3.8, 4) is 17.2 Å². The first-order chi connectivity index (χ1) is 21.6. The molecule has 0 spiro atoms. The number of nitrogens with zero attached hydrogens (tertiary/aromatic N) is 1. The monoisotopic (exact) mass is 674 g/mol. The number of carbonyl (C=O) groups is 3. The number of methoxy groups -OCH3 is 1. The van der Waals surface area contributed by atoms with Gasteiger partial charge in [0.2, 0.25) is 0 Å². The molecule has 3 aromatic rings. The molecule has 0 aromatic heterocycles. The fourth-order valence-corrected chi connectivity index (χ4v) is 5.12. The quantitative estimate of drug-likeness (QED) is 0.123. The molecule has 3 N–H and O–H groups in total. The van der Waals surface area contributed by atoms with E-state index in [1.54, 1.807) is 50.2 Å². The van der Waals surface area contributed by atoms with Crippen molar-refractivity contribution in [2.24, 2.45) is 5.10 Å². The Morgan fingerprint density at radius 2 is 1.73 bits per heavy atom. The number of urea groups is 1. The highest BCUT2D eigenvalue weighted by Crippen LogP contribution is 2.36. The predicted molar refractivity (Wildman–Crippen MR) is 170 cm³/mol. The minimum absolute atomic E-state index is 0.173. The van der Waals surface area contributed by atoms with E-state index in [-0.39, 0.29) is 46.9 Å². The van der Waals surface area contributed by atoms with Crippen LogP contribution in [0.4, 0.5) is 4.79 Å². The number of rotatable bonds is 12. The fraction of sp³-hybridized carbons (Fsp3) is 0.226. The number of nitrogens with one attached hydrogen (secondary N) is 3. The number of carbonyl (C=O) groups excluding carboxylic acids is 3. The highest BCUT2D eigenvalue weighted by atomic mass is 35.5. The summed E-state index contributed by atoms with van der Waals surface area (Å²) in [5.41, 5.74) is 4.84. The van der Waals surface area contributed by atoms with E-state index in [1.165, 1.54) is 13.3 Å². The summed E-state index contributed by atoms with van der Waals surface area (Å²) in [4.78, 5) is 37.2. The smallest absolute Gasteiger partial charge is 0.338 e. The first kappa shape index (κ1) is 33.4. The first-order valence-electron chi connectivity index (χ1n) is 13.5. The molecule has 3 aromatic carbocycles. The zero-order valence-electron chi connectivity index (χ0n) is 24.4. The van der Waals surface area contributed by atoms with Crippen molar-refractivity contribution in [1.82, 2.24) is 16.1 Å². The summed E-state index contributed by atoms with van der Waals surface area (Å²) in [5, 5.41) is 10.3. The van der Waals surface area contributed by atoms with Crippen molar-refractivity contribution >= 4 is 58.9 Å². The van der Waals surface area contributed by atoms with Gasteiger partial charge in [0, 0.05) is 16.3 Å². The van der Waals surface area contributed by atoms with Gasteiger partial charge < -0.3 is 29.6 Å². The number of ether oxygens (including phenoxy) is 4. The third kappa shape index (κ3) is 8.59. The topological polar surface area (TPSA) is 137 Å². The molecule has 0 fully saturated rings. The maximum atomic E-state index is 12.6. The summed E-state index contributed by atoms with van der Waals surface area (Å²) in [5.74, 6) is -0.295. The number of benzene rings is 3. The van der Waals surface area contributed by atoms with Crippen molar-refractivity contribution in [3.63, 3.8) is 0 Å². The van der Waals surface area contributed by atoms with Crippen LogP contribution >= 0.6 is 34.8 Å². The minimum atomic E-state index is -0.789. The number of hydrazone groups is 1. The van der Waals surface area contributed by atoms with Gasteiger partial charge in [-0.05, 0) is 55.3 Å². The average molecular weight is 676 g/mol. The van der Waals surface area contributed by atoms with Crippen LogP contribution in [-0.4, -0.2) is 44.4 Å². The van der Waals surface area contributed by atoms with Crippen molar-refractivity contribution in [3.05, 3.63) is 97.6 Å². The molecule has 3 amide bonds. The lowest BCUT2D eigenvalue weighted by Crippen LogP contribution is -2.45. The largest absolute Gasteiger partial charge is 0.493 e. The Labute approximate surface area is 274 Å². The van der Waals surface area contributed by atoms with Gasteiger partial charge in [-0.2, -0.15) is 5.10 Å². The maximum absolute atomic E-state index is 12.6. The van der Waals surface area contributed by atoms with Crippen LogP contribution < -0.4 is 30.3 Å². The molecule has 0 unspecified atom stereocenters. The number of amides is 3. The maximum Gasteiger partial charge on any atom is 0.338 e. The molecular weight excluding hydrogens is 647 g/mol. The van der Waals surface area contributed by atoms with Crippen molar-refractivity contribution in [2.45, 2.75) is 26.5 Å². The van der Waals surface area contributed by atoms with E-state index >= 15 is 0 Å². The number of hydrogen-bond acceptors (Lipinski definition) is 8. The Balaban J connectivity index is 1.36. The molecular formula is C31H29Cl3N4O7. The van der Waals surface area contributed by atoms with Gasteiger partial charge in [0.05, 0.1) is 41.6 Å². The summed E-state index contributed by atoms with van der Waals surface area (Å²) in [6.07, 6.45) is 1.37. The van der Waals surface area contributed by atoms with Gasteiger partial charge >= 0.3 is 12.0 Å². The molecule has 14 heteroatoms. The van der Waals surface area contributed by atoms with E-state index in [9.17, 15) is 14.4 Å². The Morgan fingerprint density at radius 1 is 1.00 bits per heavy atom. The van der Waals surface area contributed by atoms with Crippen LogP contribution in [0.5, 0.6) is 17.2 Å². The third-order valence-corrected chi connectivity index (χ3v) is 7.33. The zero-order valence-corrected chi connectivity index (χ0v) is 26.7. The van der Waals surface area contributed by atoms with Crippen LogP contribution in [0.1, 0.15) is 36.6 Å². The number of hydrogen-bond donors (Lipinski definition) is 3. The molecule has 0 radical (unpaired) electrons. The lowest BCUT2D eigenvalue weighted by molar-refractivity contribution is -0.139. The Hall–Kier alpha value is -4.45. The van der Waals surface area contributed by atoms with Gasteiger partial charge in [-0.15, -0.1) is 0 Å². The van der Waals surface area contributed by atoms with Crippen LogP contribution in [0.2, 0.25) is 15.1 Å². The molecule has 11 nitrogen and oxygen atoms in total. The normalized spacial score (nSPS) is 14.4. The van der Waals surface area contributed by atoms with E-state index in [4.69, 9.17) is 53.8 Å². The third-order valence-electron chi connectivity index (χ3n) is 6.40. The van der Waals surface area contributed by atoms with Crippen molar-refractivity contribution in [1.29, 1.82) is 0 Å². The van der Waals surface area contributed by atoms with Crippen molar-refractivity contribution < 1.29 is 33.3 Å². The van der Waals surface area contributed by atoms with Gasteiger partial charge in [-0.25, -0.2) is 15.0 Å². The van der Waals surface area contributed by atoms with Gasteiger partial charge in [-0.1, -0.05) is 59.1 Å². The number of allylic oxidation sites excluding steroid dienone is 1. The molecule has 1 aliphatic heterocycles. The summed E-state index contributed by atoms with van der Waals surface area (Å²) in [6.45, 7) is 3.27. The molecule has 45 heavy (non-hydrogen) atoms. The van der Waals surface area contributed by atoms with Crippen molar-refractivity contribution in [2.75, 3.05) is 20.3 Å². The van der Waals surface area contributed by atoms with E-state index in [2.05, 4.69) is 21.2 Å². The summed E-state index contributed by atoms with van der Waals surface area (Å²) in [6, 6.07) is 14.0. The molecule has 0 aliphatic carbocycles. The van der Waals surface area contributed by atoms with E-state index < -0.39 is 23.9 Å². The van der Waals surface area contributed by atoms with Crippen LogP contribution in [0.3, 0.4) is 0 Å². The molecule has 0 bridgehead atoms. The number of esters is 1. The van der Waals surface area contributed by atoms with Crippen LogP contribution in [0, 0.1) is 0 Å². The van der Waals surface area contributed by atoms with E-state index in [0.717, 1.165) is 5.56 Å². The molecule has 1 aliphatic rings. The summed E-state index contributed by atoms with van der Waals surface area (Å²) in [7, 11) is 1.42. The minimum Gasteiger partial charge on any atom is -0.493 e. The van der Waals surface area contributed by atoms with E-state index in [0.29, 0.717) is 27.6 Å². The van der Waals surface area contributed by atoms with Gasteiger partial charge in [0.25, 0.3) is 5.91 Å². The Kier molecular flexibility index (Phi) is 11.5. The SMILES string of the molecule is CCOC(=O)C1=C(C)NC(=O)N[C@H]1c1ccc(OCC(=O)N/N=C\c2cc(Cl)c(OCc3ccccc3Cl)c(Cl)c2)c(OC)c1. The molecule has 1 heterocycles. The Bertz CT molecular complexity index is 1640. The van der Waals surface area contributed by atoms with Gasteiger partial charge in [0.15, 0.2) is 23.9 Å². The second-order valence-corrected chi connectivity index (χ2v) is 10.7.